The molecule has 0 atom stereocenters. The van der Waals surface area contributed by atoms with Gasteiger partial charge in [-0.3, -0.25) is 0 Å². The lowest BCUT2D eigenvalue weighted by Gasteiger charge is -1.79. The Kier molecular flexibility index (Phi) is 201. The van der Waals surface area contributed by atoms with Crippen LogP contribution in [0.2, 0.25) is 0 Å². The van der Waals surface area contributed by atoms with Gasteiger partial charge in [-0.1, -0.05) is 91.5 Å². The second-order valence-corrected chi connectivity index (χ2v) is 3.46. The Balaban J connectivity index is -0.0000000112. The number of hydrogen-bond acceptors (Lipinski definition) is 0. The van der Waals surface area contributed by atoms with E-state index in [4.69, 9.17) is 0 Å². The van der Waals surface area contributed by atoms with Gasteiger partial charge in [0, 0.05) is 0 Å². The molecule has 0 rings (SSSR count). The van der Waals surface area contributed by atoms with Crippen molar-refractivity contribution in [3.8, 4) is 0 Å². The summed E-state index contributed by atoms with van der Waals surface area (Å²) in [5.74, 6) is 1.67. The van der Waals surface area contributed by atoms with E-state index in [1.807, 2.05) is 27.7 Å². The van der Waals surface area contributed by atoms with Gasteiger partial charge in [-0.2, -0.15) is 0 Å². The van der Waals surface area contributed by atoms with Gasteiger partial charge in [-0.15, -0.1) is 0 Å². The summed E-state index contributed by atoms with van der Waals surface area (Å²) in [6, 6.07) is 0. The van der Waals surface area contributed by atoms with Crippen LogP contribution in [0, 0.1) is 11.8 Å². The van der Waals surface area contributed by atoms with E-state index in [9.17, 15) is 0 Å². The van der Waals surface area contributed by atoms with Crippen molar-refractivity contribution in [2.75, 3.05) is 0 Å². The Bertz CT molecular complexity index is 15.5. The maximum absolute atomic E-state index is 2.17. The lowest BCUT2D eigenvalue weighted by molar-refractivity contribution is 0.736. The second kappa shape index (κ2) is 65.7. The molecule has 0 aromatic heterocycles. The summed E-state index contributed by atoms with van der Waals surface area (Å²) in [4.78, 5) is 0. The van der Waals surface area contributed by atoms with Gasteiger partial charge in [-0.25, -0.2) is 0 Å². The summed E-state index contributed by atoms with van der Waals surface area (Å²) in [6.07, 6.45) is 0. The van der Waals surface area contributed by atoms with E-state index < -0.39 is 0 Å². The minimum atomic E-state index is 0. The first-order valence-electron chi connectivity index (χ1n) is 5.46. The summed E-state index contributed by atoms with van der Waals surface area (Å²) in [6.45, 7) is 21.0. The van der Waals surface area contributed by atoms with Gasteiger partial charge in [-0.05, 0) is 11.8 Å². The second-order valence-electron chi connectivity index (χ2n) is 3.46. The molecule has 0 radical (unpaired) electrons. The van der Waals surface area contributed by atoms with Crippen LogP contribution in [0.4, 0.5) is 0 Å². The quantitative estimate of drug-likeness (QED) is 0.405. The van der Waals surface area contributed by atoms with E-state index in [0.29, 0.717) is 0 Å². The maximum Gasteiger partial charge on any atom is -0.0500 e. The zero-order chi connectivity index (χ0) is 11.2. The van der Waals surface area contributed by atoms with Gasteiger partial charge in [0.25, 0.3) is 0 Å². The van der Waals surface area contributed by atoms with Crippen molar-refractivity contribution in [1.82, 2.24) is 0 Å². The Morgan fingerprint density at radius 3 is 0.400 bits per heavy atom. The van der Waals surface area contributed by atoms with E-state index in [1.165, 1.54) is 0 Å². The van der Waals surface area contributed by atoms with E-state index in [1.54, 1.807) is 0 Å². The fourth-order valence-electron chi connectivity index (χ4n) is 0. The van der Waals surface area contributed by atoms with E-state index in [2.05, 4.69) is 41.5 Å². The van der Waals surface area contributed by atoms with Crippen LogP contribution < -0.4 is 0 Å². The third kappa shape index (κ3) is 0. The zero-order valence-electron chi connectivity index (χ0n) is 11.2. The highest BCUT2D eigenvalue weighted by atomic mass is 13.7. The molecule has 0 heteroatoms. The summed E-state index contributed by atoms with van der Waals surface area (Å²) in [5.41, 5.74) is 0. The molecule has 15 heavy (non-hydrogen) atoms. The molecule has 104 valence electrons. The molecule has 0 aromatic rings. The van der Waals surface area contributed by atoms with Crippen LogP contribution in [0.5, 0.6) is 0 Å². The van der Waals surface area contributed by atoms with Gasteiger partial charge >= 0.3 is 0 Å². The molecule has 0 N–H and O–H groups in total. The molecule has 0 saturated heterocycles. The monoisotopic (exact) mass is 224 g/mol. The fourth-order valence-corrected chi connectivity index (χ4v) is 0. The van der Waals surface area contributed by atoms with Crippen LogP contribution in [0.25, 0.3) is 0 Å². The van der Waals surface area contributed by atoms with Crippen LogP contribution in [0.1, 0.15) is 91.5 Å². The molecule has 0 heterocycles. The van der Waals surface area contributed by atoms with Crippen molar-refractivity contribution in [1.29, 1.82) is 0 Å². The molecule has 0 aromatic carbocycles. The molecule has 0 unspecified atom stereocenters. The molecule has 0 bridgehead atoms. The molecule has 0 spiro atoms. The molecule has 0 saturated carbocycles. The molecule has 0 nitrogen and oxygen atoms in total. The first-order chi connectivity index (χ1) is 5.46. The molecular weight excluding hydrogens is 180 g/mol. The van der Waals surface area contributed by atoms with Crippen LogP contribution in [-0.4, -0.2) is 0 Å². The van der Waals surface area contributed by atoms with Crippen molar-refractivity contribution in [2.45, 2.75) is 91.5 Å². The summed E-state index contributed by atoms with van der Waals surface area (Å²) in [7, 11) is 0. The first-order valence-corrected chi connectivity index (χ1v) is 5.46. The molecule has 0 aliphatic heterocycles. The Morgan fingerprint density at radius 2 is 0.400 bits per heavy atom. The van der Waals surface area contributed by atoms with Crippen LogP contribution >= 0.6 is 0 Å². The third-order valence-electron chi connectivity index (χ3n) is 0. The van der Waals surface area contributed by atoms with Crippen molar-refractivity contribution >= 4 is 0 Å². The van der Waals surface area contributed by atoms with Gasteiger partial charge in [0.1, 0.15) is 0 Å². The highest BCUT2D eigenvalue weighted by molar-refractivity contribution is 4.21. The predicted octanol–water partition coefficient (Wildman–Crippen LogP) is 7.29. The lowest BCUT2D eigenvalue weighted by Crippen LogP contribution is -1.66. The Morgan fingerprint density at radius 1 is 0.400 bits per heavy atom. The van der Waals surface area contributed by atoms with Crippen LogP contribution in [-0.2, 0) is 0 Å². The first kappa shape index (κ1) is 45.9. The predicted molar refractivity (Wildman–Crippen MR) is 83.9 cm³/mol. The zero-order valence-corrected chi connectivity index (χ0v) is 11.2. The van der Waals surface area contributed by atoms with E-state index in [0.717, 1.165) is 11.8 Å². The fraction of sp³-hybridized carbons (Fsp3) is 1.00. The van der Waals surface area contributed by atoms with Crippen LogP contribution in [0.3, 0.4) is 0 Å². The van der Waals surface area contributed by atoms with Gasteiger partial charge in [0.15, 0.2) is 0 Å². The van der Waals surface area contributed by atoms with Crippen molar-refractivity contribution < 1.29 is 0 Å². The average molecular weight is 225 g/mol. The standard InChI is InChI=1S/2C4H10.2C2H6.3CH4/c2*1-4(2)3;2*1-2;;;/h2*4H,1-3H3;2*1-2H3;3*1H4. The summed E-state index contributed by atoms with van der Waals surface area (Å²) < 4.78 is 0. The van der Waals surface area contributed by atoms with E-state index in [-0.39, 0.29) is 22.3 Å². The van der Waals surface area contributed by atoms with Gasteiger partial charge in [0.2, 0.25) is 0 Å². The third-order valence-corrected chi connectivity index (χ3v) is 0. The SMILES string of the molecule is C.C.C.CC.CC.CC(C)C.CC(C)C. The summed E-state index contributed by atoms with van der Waals surface area (Å²) in [5, 5.41) is 0. The largest absolute Gasteiger partial charge is 0.0776 e. The normalized spacial score (nSPS) is 5.60. The lowest BCUT2D eigenvalue weighted by atomic mass is 10.3. The van der Waals surface area contributed by atoms with E-state index >= 15 is 0 Å². The van der Waals surface area contributed by atoms with Gasteiger partial charge in [0.05, 0.1) is 0 Å². The van der Waals surface area contributed by atoms with Gasteiger partial charge < -0.3 is 0 Å². The minimum absolute atomic E-state index is 0. The smallest absolute Gasteiger partial charge is 0.0500 e. The highest BCUT2D eigenvalue weighted by Crippen LogP contribution is 1.81. The van der Waals surface area contributed by atoms with Crippen molar-refractivity contribution in [3.05, 3.63) is 0 Å². The topological polar surface area (TPSA) is 0 Å². The van der Waals surface area contributed by atoms with Crippen LogP contribution in [0.15, 0.2) is 0 Å². The van der Waals surface area contributed by atoms with Crippen molar-refractivity contribution in [2.24, 2.45) is 11.8 Å². The van der Waals surface area contributed by atoms with Crippen molar-refractivity contribution in [3.63, 3.8) is 0 Å². The maximum atomic E-state index is 2.17. The summed E-state index contributed by atoms with van der Waals surface area (Å²) >= 11 is 0. The number of rotatable bonds is 0. The molecule has 0 aliphatic rings. The number of hydrogen-bond donors (Lipinski definition) is 0. The minimum Gasteiger partial charge on any atom is -0.0776 e. The highest BCUT2D eigenvalue weighted by Gasteiger charge is 1.68. The molecule has 0 aliphatic carbocycles. The molecule has 0 amide bonds. The average Bonchev–Trinajstić information content (AvgIpc) is 1.93. The molecular formula is C15H44. The Labute approximate surface area is 104 Å². The molecule has 0 fully saturated rings. The Hall–Kier alpha value is 0.